The molecule has 7 nitrogen and oxygen atoms in total. The lowest BCUT2D eigenvalue weighted by Crippen LogP contribution is -2.24. The molecule has 1 amide bonds. The van der Waals surface area contributed by atoms with Crippen LogP contribution in [0.2, 0.25) is 0 Å². The van der Waals surface area contributed by atoms with E-state index in [1.54, 1.807) is 24.3 Å². The molecule has 3 rings (SSSR count). The van der Waals surface area contributed by atoms with Gasteiger partial charge in [-0.3, -0.25) is 4.79 Å². The van der Waals surface area contributed by atoms with Crippen LogP contribution >= 0.6 is 0 Å². The SMILES string of the molecule is CCCn1c(CCC(=O)NCc2ccccc2F)nc2cc(S(N)(=O)=O)ccc21. The molecule has 0 spiro atoms. The van der Waals surface area contributed by atoms with Crippen LogP contribution in [-0.4, -0.2) is 23.9 Å². The Hall–Kier alpha value is -2.78. The number of sulfonamides is 1. The smallest absolute Gasteiger partial charge is 0.238 e. The number of aromatic nitrogens is 2. The van der Waals surface area contributed by atoms with Gasteiger partial charge in [0.1, 0.15) is 11.6 Å². The molecule has 154 valence electrons. The maximum atomic E-state index is 13.6. The van der Waals surface area contributed by atoms with Crippen molar-refractivity contribution in [2.75, 3.05) is 0 Å². The van der Waals surface area contributed by atoms with Gasteiger partial charge in [0.25, 0.3) is 0 Å². The number of aryl methyl sites for hydroxylation is 2. The van der Waals surface area contributed by atoms with Crippen LogP contribution < -0.4 is 10.5 Å². The molecule has 1 aromatic heterocycles. The highest BCUT2D eigenvalue weighted by molar-refractivity contribution is 7.89. The lowest BCUT2D eigenvalue weighted by molar-refractivity contribution is -0.121. The van der Waals surface area contributed by atoms with Crippen molar-refractivity contribution in [3.8, 4) is 0 Å². The van der Waals surface area contributed by atoms with E-state index < -0.39 is 10.0 Å². The van der Waals surface area contributed by atoms with E-state index in [1.807, 2.05) is 11.5 Å². The molecule has 0 radical (unpaired) electrons. The maximum Gasteiger partial charge on any atom is 0.238 e. The third-order valence-electron chi connectivity index (χ3n) is 4.58. The van der Waals surface area contributed by atoms with Gasteiger partial charge in [-0.1, -0.05) is 25.1 Å². The average Bonchev–Trinajstić information content (AvgIpc) is 3.02. The summed E-state index contributed by atoms with van der Waals surface area (Å²) in [6, 6.07) is 10.9. The Balaban J connectivity index is 1.73. The third kappa shape index (κ3) is 4.99. The van der Waals surface area contributed by atoms with Crippen molar-refractivity contribution in [2.45, 2.75) is 44.2 Å². The van der Waals surface area contributed by atoms with Crippen LogP contribution in [0.4, 0.5) is 4.39 Å². The van der Waals surface area contributed by atoms with Gasteiger partial charge in [0, 0.05) is 31.5 Å². The summed E-state index contributed by atoms with van der Waals surface area (Å²) < 4.78 is 38.8. The fourth-order valence-electron chi connectivity index (χ4n) is 3.15. The van der Waals surface area contributed by atoms with E-state index in [1.165, 1.54) is 18.2 Å². The summed E-state index contributed by atoms with van der Waals surface area (Å²) in [5.41, 5.74) is 1.74. The minimum Gasteiger partial charge on any atom is -0.352 e. The highest BCUT2D eigenvalue weighted by atomic mass is 32.2. The number of carbonyl (C=O) groups excluding carboxylic acids is 1. The van der Waals surface area contributed by atoms with E-state index >= 15 is 0 Å². The van der Waals surface area contributed by atoms with Crippen LogP contribution in [0.5, 0.6) is 0 Å². The predicted octanol–water partition coefficient (Wildman–Crippen LogP) is 2.48. The Morgan fingerprint density at radius 3 is 2.69 bits per heavy atom. The molecule has 0 saturated carbocycles. The molecule has 3 aromatic rings. The standard InChI is InChI=1S/C20H23FN4O3S/c1-2-11-25-18-8-7-15(29(22,27)28)12-17(18)24-19(25)9-10-20(26)23-13-14-5-3-4-6-16(14)21/h3-8,12H,2,9-11,13H2,1H3,(H,23,26)(H2,22,27,28). The summed E-state index contributed by atoms with van der Waals surface area (Å²) in [5, 5.41) is 7.91. The number of primary sulfonamides is 1. The van der Waals surface area contributed by atoms with Gasteiger partial charge in [-0.2, -0.15) is 0 Å². The number of nitrogens with zero attached hydrogens (tertiary/aromatic N) is 2. The number of fused-ring (bicyclic) bond motifs is 1. The van der Waals surface area contributed by atoms with Crippen molar-refractivity contribution >= 4 is 27.0 Å². The minimum atomic E-state index is -3.82. The van der Waals surface area contributed by atoms with Crippen molar-refractivity contribution in [3.63, 3.8) is 0 Å². The van der Waals surface area contributed by atoms with E-state index in [0.29, 0.717) is 29.9 Å². The molecule has 0 aliphatic rings. The predicted molar refractivity (Wildman–Crippen MR) is 108 cm³/mol. The van der Waals surface area contributed by atoms with Crippen LogP contribution in [-0.2, 0) is 34.3 Å². The van der Waals surface area contributed by atoms with Gasteiger partial charge in [-0.25, -0.2) is 22.9 Å². The zero-order chi connectivity index (χ0) is 21.0. The number of amides is 1. The van der Waals surface area contributed by atoms with Crippen LogP contribution in [0, 0.1) is 5.82 Å². The van der Waals surface area contributed by atoms with E-state index in [9.17, 15) is 17.6 Å². The molecule has 0 atom stereocenters. The number of hydrogen-bond acceptors (Lipinski definition) is 4. The number of imidazole rings is 1. The summed E-state index contributed by atoms with van der Waals surface area (Å²) in [6.45, 7) is 2.83. The van der Waals surface area contributed by atoms with Crippen LogP contribution in [0.3, 0.4) is 0 Å². The topological polar surface area (TPSA) is 107 Å². The minimum absolute atomic E-state index is 0.000305. The monoisotopic (exact) mass is 418 g/mol. The second kappa shape index (κ2) is 8.71. The quantitative estimate of drug-likeness (QED) is 0.586. The molecule has 2 aromatic carbocycles. The number of halogens is 1. The molecular weight excluding hydrogens is 395 g/mol. The highest BCUT2D eigenvalue weighted by Crippen LogP contribution is 2.21. The normalized spacial score (nSPS) is 11.7. The summed E-state index contributed by atoms with van der Waals surface area (Å²) >= 11 is 0. The Labute approximate surface area is 168 Å². The number of hydrogen-bond donors (Lipinski definition) is 2. The first kappa shape index (κ1) is 20.9. The zero-order valence-corrected chi connectivity index (χ0v) is 16.9. The molecule has 0 fully saturated rings. The summed E-state index contributed by atoms with van der Waals surface area (Å²) in [7, 11) is -3.82. The van der Waals surface area contributed by atoms with E-state index in [4.69, 9.17) is 5.14 Å². The molecule has 3 N–H and O–H groups in total. The van der Waals surface area contributed by atoms with Crippen molar-refractivity contribution in [3.05, 3.63) is 59.7 Å². The largest absolute Gasteiger partial charge is 0.352 e. The molecule has 0 aliphatic carbocycles. The summed E-state index contributed by atoms with van der Waals surface area (Å²) in [4.78, 5) is 16.7. The van der Waals surface area contributed by atoms with E-state index in [0.717, 1.165) is 11.9 Å². The average molecular weight is 418 g/mol. The van der Waals surface area contributed by atoms with E-state index in [-0.39, 0.29) is 29.6 Å². The van der Waals surface area contributed by atoms with E-state index in [2.05, 4.69) is 10.3 Å². The molecule has 0 bridgehead atoms. The number of rotatable bonds is 8. The molecular formula is C20H23FN4O3S. The molecule has 0 saturated heterocycles. The summed E-state index contributed by atoms with van der Waals surface area (Å²) in [5.74, 6) is 0.117. The Kier molecular flexibility index (Phi) is 6.29. The first-order valence-electron chi connectivity index (χ1n) is 9.31. The van der Waals surface area contributed by atoms with Crippen molar-refractivity contribution < 1.29 is 17.6 Å². The molecule has 9 heteroatoms. The van der Waals surface area contributed by atoms with Gasteiger partial charge < -0.3 is 9.88 Å². The number of nitrogens with one attached hydrogen (secondary N) is 1. The summed E-state index contributed by atoms with van der Waals surface area (Å²) in [6.07, 6.45) is 1.42. The van der Waals surface area contributed by atoms with Crippen molar-refractivity contribution in [1.82, 2.24) is 14.9 Å². The fourth-order valence-corrected chi connectivity index (χ4v) is 3.68. The van der Waals surface area contributed by atoms with Gasteiger partial charge in [0.05, 0.1) is 15.9 Å². The van der Waals surface area contributed by atoms with Gasteiger partial charge in [0.2, 0.25) is 15.9 Å². The van der Waals surface area contributed by atoms with Gasteiger partial charge >= 0.3 is 0 Å². The number of carbonyl (C=O) groups is 1. The van der Waals surface area contributed by atoms with Crippen LogP contribution in [0.25, 0.3) is 11.0 Å². The third-order valence-corrected chi connectivity index (χ3v) is 5.50. The molecule has 1 heterocycles. The van der Waals surface area contributed by atoms with Gasteiger partial charge in [0.15, 0.2) is 0 Å². The number of nitrogens with two attached hydrogens (primary N) is 1. The second-order valence-electron chi connectivity index (χ2n) is 6.74. The zero-order valence-electron chi connectivity index (χ0n) is 16.1. The van der Waals surface area contributed by atoms with Crippen molar-refractivity contribution in [1.29, 1.82) is 0 Å². The lowest BCUT2D eigenvalue weighted by Gasteiger charge is -2.09. The van der Waals surface area contributed by atoms with Crippen LogP contribution in [0.15, 0.2) is 47.4 Å². The fraction of sp³-hybridized carbons (Fsp3) is 0.300. The lowest BCUT2D eigenvalue weighted by atomic mass is 10.2. The Morgan fingerprint density at radius 2 is 2.00 bits per heavy atom. The molecule has 0 aliphatic heterocycles. The first-order valence-corrected chi connectivity index (χ1v) is 10.9. The Bertz CT molecular complexity index is 1140. The van der Waals surface area contributed by atoms with Gasteiger partial charge in [-0.15, -0.1) is 0 Å². The molecule has 0 unspecified atom stereocenters. The first-order chi connectivity index (χ1) is 13.8. The van der Waals surface area contributed by atoms with Crippen LogP contribution in [0.1, 0.15) is 31.2 Å². The van der Waals surface area contributed by atoms with Gasteiger partial charge in [-0.05, 0) is 30.7 Å². The Morgan fingerprint density at radius 1 is 1.24 bits per heavy atom. The highest BCUT2D eigenvalue weighted by Gasteiger charge is 2.15. The van der Waals surface area contributed by atoms with Crippen molar-refractivity contribution in [2.24, 2.45) is 5.14 Å². The molecule has 29 heavy (non-hydrogen) atoms. The second-order valence-corrected chi connectivity index (χ2v) is 8.30. The maximum absolute atomic E-state index is 13.6. The number of benzene rings is 2.